The second-order valence-electron chi connectivity index (χ2n) is 6.98. The zero-order chi connectivity index (χ0) is 21.1. The van der Waals surface area contributed by atoms with E-state index in [9.17, 15) is 9.59 Å². The van der Waals surface area contributed by atoms with Gasteiger partial charge in [0.25, 0.3) is 11.8 Å². The molecule has 0 fully saturated rings. The first-order valence-corrected chi connectivity index (χ1v) is 11.4. The maximum Gasteiger partial charge on any atom is 0.268 e. The van der Waals surface area contributed by atoms with E-state index in [1.165, 1.54) is 28.0 Å². The molecule has 0 saturated carbocycles. The summed E-state index contributed by atoms with van der Waals surface area (Å²) in [5.41, 5.74) is 2.69. The fourth-order valence-corrected chi connectivity index (χ4v) is 5.20. The first-order valence-electron chi connectivity index (χ1n) is 9.53. The van der Waals surface area contributed by atoms with Crippen molar-refractivity contribution in [2.45, 2.75) is 19.6 Å². The molecule has 7 heteroatoms. The molecule has 154 valence electrons. The van der Waals surface area contributed by atoms with Crippen LogP contribution in [0, 0.1) is 13.8 Å². The monoisotopic (exact) mass is 439 g/mol. The molecule has 5 nitrogen and oxygen atoms in total. The molecule has 0 aliphatic carbocycles. The van der Waals surface area contributed by atoms with E-state index in [2.05, 4.69) is 6.07 Å². The van der Waals surface area contributed by atoms with E-state index in [1.807, 2.05) is 55.6 Å². The van der Waals surface area contributed by atoms with Crippen molar-refractivity contribution in [1.29, 1.82) is 0 Å². The normalized spacial score (nSPS) is 14.1. The summed E-state index contributed by atoms with van der Waals surface area (Å²) in [5, 5.41) is 1.90. The summed E-state index contributed by atoms with van der Waals surface area (Å²) in [7, 11) is 0. The molecule has 0 radical (unpaired) electrons. The molecule has 2 amide bonds. The summed E-state index contributed by atoms with van der Waals surface area (Å²) >= 11 is 2.79. The van der Waals surface area contributed by atoms with Crippen LogP contribution in [0.3, 0.4) is 0 Å². The molecular formula is C23H21NO4S2. The van der Waals surface area contributed by atoms with E-state index < -0.39 is 0 Å². The number of carbonyl (C=O) groups excluding carboxylic acids is 2. The Bertz CT molecular complexity index is 1060. The average molecular weight is 440 g/mol. The highest BCUT2D eigenvalue weighted by atomic mass is 32.2. The van der Waals surface area contributed by atoms with Crippen molar-refractivity contribution in [3.63, 3.8) is 0 Å². The van der Waals surface area contributed by atoms with Gasteiger partial charge in [-0.15, -0.1) is 23.1 Å². The van der Waals surface area contributed by atoms with Gasteiger partial charge in [0, 0.05) is 4.88 Å². The van der Waals surface area contributed by atoms with Gasteiger partial charge in [0.1, 0.15) is 18.1 Å². The first-order chi connectivity index (χ1) is 14.5. The number of thioether (sulfide) groups is 1. The van der Waals surface area contributed by atoms with Crippen molar-refractivity contribution in [2.75, 3.05) is 13.2 Å². The van der Waals surface area contributed by atoms with E-state index in [-0.39, 0.29) is 25.0 Å². The van der Waals surface area contributed by atoms with E-state index in [0.717, 1.165) is 27.5 Å². The summed E-state index contributed by atoms with van der Waals surface area (Å²) in [6.45, 7) is 4.46. The summed E-state index contributed by atoms with van der Waals surface area (Å²) in [6, 6.07) is 13.4. The number of imide groups is 1. The largest absolute Gasteiger partial charge is 0.492 e. The van der Waals surface area contributed by atoms with Crippen molar-refractivity contribution in [3.8, 4) is 5.75 Å². The predicted molar refractivity (Wildman–Crippen MR) is 119 cm³/mol. The van der Waals surface area contributed by atoms with Crippen LogP contribution in [0.1, 0.15) is 21.8 Å². The molecule has 0 N–H and O–H groups in total. The highest BCUT2D eigenvalue weighted by Gasteiger charge is 2.39. The number of ether oxygens (including phenoxy) is 1. The van der Waals surface area contributed by atoms with Gasteiger partial charge in [0.2, 0.25) is 0 Å². The number of hydrogen-bond acceptors (Lipinski definition) is 6. The van der Waals surface area contributed by atoms with Gasteiger partial charge < -0.3 is 9.15 Å². The third-order valence-electron chi connectivity index (χ3n) is 4.61. The van der Waals surface area contributed by atoms with Gasteiger partial charge in [-0.05, 0) is 60.7 Å². The van der Waals surface area contributed by atoms with Gasteiger partial charge in [0.15, 0.2) is 0 Å². The molecule has 0 bridgehead atoms. The Morgan fingerprint density at radius 2 is 1.87 bits per heavy atom. The van der Waals surface area contributed by atoms with Crippen LogP contribution in [0.15, 0.2) is 63.4 Å². The minimum Gasteiger partial charge on any atom is -0.492 e. The van der Waals surface area contributed by atoms with E-state index in [1.54, 1.807) is 6.26 Å². The Hall–Kier alpha value is -2.77. The minimum atomic E-state index is -0.274. The van der Waals surface area contributed by atoms with E-state index in [0.29, 0.717) is 16.2 Å². The summed E-state index contributed by atoms with van der Waals surface area (Å²) in [6.07, 6.45) is 1.60. The summed E-state index contributed by atoms with van der Waals surface area (Å²) in [5.74, 6) is 1.45. The number of carbonyl (C=O) groups is 2. The van der Waals surface area contributed by atoms with E-state index in [4.69, 9.17) is 9.15 Å². The van der Waals surface area contributed by atoms with Crippen molar-refractivity contribution in [3.05, 3.63) is 80.8 Å². The highest BCUT2D eigenvalue weighted by molar-refractivity contribution is 8.03. The van der Waals surface area contributed by atoms with Crippen molar-refractivity contribution in [2.24, 2.45) is 0 Å². The molecule has 2 aromatic heterocycles. The Morgan fingerprint density at radius 1 is 1.07 bits per heavy atom. The smallest absolute Gasteiger partial charge is 0.268 e. The minimum absolute atomic E-state index is 0.199. The lowest BCUT2D eigenvalue weighted by molar-refractivity contribution is -0.136. The zero-order valence-corrected chi connectivity index (χ0v) is 18.3. The molecular weight excluding hydrogens is 418 g/mol. The lowest BCUT2D eigenvalue weighted by Gasteiger charge is -2.16. The van der Waals surface area contributed by atoms with Crippen LogP contribution in [0.5, 0.6) is 5.75 Å². The van der Waals surface area contributed by atoms with Crippen LogP contribution in [-0.2, 0) is 15.3 Å². The van der Waals surface area contributed by atoms with Gasteiger partial charge in [-0.1, -0.05) is 12.1 Å². The van der Waals surface area contributed by atoms with Gasteiger partial charge in [-0.2, -0.15) is 0 Å². The van der Waals surface area contributed by atoms with Crippen LogP contribution in [0.4, 0.5) is 0 Å². The first kappa shape index (κ1) is 20.5. The molecule has 1 aromatic carbocycles. The van der Waals surface area contributed by atoms with Crippen molar-refractivity contribution in [1.82, 2.24) is 4.90 Å². The number of aryl methyl sites for hydroxylation is 2. The molecule has 0 unspecified atom stereocenters. The Labute approximate surface area is 183 Å². The van der Waals surface area contributed by atoms with Crippen molar-refractivity contribution < 1.29 is 18.7 Å². The maximum absolute atomic E-state index is 13.1. The zero-order valence-electron chi connectivity index (χ0n) is 16.7. The molecule has 3 aromatic rings. The van der Waals surface area contributed by atoms with Crippen LogP contribution in [0.2, 0.25) is 0 Å². The topological polar surface area (TPSA) is 59.8 Å². The molecule has 0 spiro atoms. The molecule has 30 heavy (non-hydrogen) atoms. The van der Waals surface area contributed by atoms with E-state index >= 15 is 0 Å². The van der Waals surface area contributed by atoms with Crippen LogP contribution >= 0.6 is 23.1 Å². The standard InChI is InChI=1S/C23H21NO4S2/c1-15-11-16(2)13-18(12-15)28-9-7-24-22(25)20(19-6-4-10-29-19)21(23(24)26)30-14-17-5-3-8-27-17/h3-6,8,10-13H,7,9,14H2,1-2H3. The number of amides is 2. The van der Waals surface area contributed by atoms with Crippen molar-refractivity contribution >= 4 is 40.5 Å². The van der Waals surface area contributed by atoms with Crippen LogP contribution in [0.25, 0.3) is 5.57 Å². The Morgan fingerprint density at radius 3 is 2.53 bits per heavy atom. The maximum atomic E-state index is 13.1. The molecule has 1 aliphatic heterocycles. The number of thiophene rings is 1. The quantitative estimate of drug-likeness (QED) is 0.460. The third kappa shape index (κ3) is 4.37. The molecule has 1 aliphatic rings. The predicted octanol–water partition coefficient (Wildman–Crippen LogP) is 5.05. The van der Waals surface area contributed by atoms with Crippen LogP contribution < -0.4 is 4.74 Å². The lowest BCUT2D eigenvalue weighted by Crippen LogP contribution is -2.35. The Kier molecular flexibility index (Phi) is 6.11. The SMILES string of the molecule is Cc1cc(C)cc(OCCN2C(=O)C(SCc3ccco3)=C(c3cccs3)C2=O)c1. The third-order valence-corrected chi connectivity index (χ3v) is 6.59. The second-order valence-corrected chi connectivity index (χ2v) is 8.92. The lowest BCUT2D eigenvalue weighted by atomic mass is 10.1. The molecule has 4 rings (SSSR count). The van der Waals surface area contributed by atoms with Gasteiger partial charge in [0.05, 0.1) is 29.0 Å². The summed E-state index contributed by atoms with van der Waals surface area (Å²) in [4.78, 5) is 28.7. The number of nitrogens with zero attached hydrogens (tertiary/aromatic N) is 1. The second kappa shape index (κ2) is 8.93. The number of hydrogen-bond donors (Lipinski definition) is 0. The summed E-state index contributed by atoms with van der Waals surface area (Å²) < 4.78 is 11.2. The fraction of sp³-hybridized carbons (Fsp3) is 0.217. The highest BCUT2D eigenvalue weighted by Crippen LogP contribution is 2.39. The van der Waals surface area contributed by atoms with Gasteiger partial charge >= 0.3 is 0 Å². The van der Waals surface area contributed by atoms with Gasteiger partial charge in [-0.25, -0.2) is 0 Å². The number of benzene rings is 1. The number of furan rings is 1. The Balaban J connectivity index is 1.48. The van der Waals surface area contributed by atoms with Crippen LogP contribution in [-0.4, -0.2) is 29.9 Å². The average Bonchev–Trinajstić information content (AvgIpc) is 3.43. The molecule has 0 saturated heterocycles. The molecule has 0 atom stereocenters. The number of rotatable bonds is 8. The fourth-order valence-electron chi connectivity index (χ4n) is 3.34. The molecule has 3 heterocycles. The van der Waals surface area contributed by atoms with Gasteiger partial charge in [-0.3, -0.25) is 14.5 Å².